The first-order valence-electron chi connectivity index (χ1n) is 12.7. The van der Waals surface area contributed by atoms with Crippen LogP contribution in [-0.2, 0) is 11.0 Å². The molecule has 0 aliphatic carbocycles. The molecule has 13 heteroatoms. The Kier molecular flexibility index (Phi) is 7.60. The highest BCUT2D eigenvalue weighted by Crippen LogP contribution is 2.45. The SMILES string of the molecule is Cc1ccc(NC(=O)C2CC(C(F)(F)F)CN(C(=O)c3ccc(-c4ccco4)cn3)C2c2ccco2)cc1C(F)(F)F. The van der Waals surface area contributed by atoms with Gasteiger partial charge >= 0.3 is 12.4 Å². The Morgan fingerprint density at radius 2 is 1.71 bits per heavy atom. The van der Waals surface area contributed by atoms with Gasteiger partial charge in [-0.05, 0) is 67.4 Å². The predicted octanol–water partition coefficient (Wildman–Crippen LogP) is 7.28. The fourth-order valence-electron chi connectivity index (χ4n) is 5.08. The van der Waals surface area contributed by atoms with E-state index in [0.29, 0.717) is 17.4 Å². The number of hydrogen-bond donors (Lipinski definition) is 1. The largest absolute Gasteiger partial charge is 0.467 e. The van der Waals surface area contributed by atoms with Gasteiger partial charge in [0.2, 0.25) is 5.91 Å². The van der Waals surface area contributed by atoms with Gasteiger partial charge in [-0.1, -0.05) is 6.07 Å². The van der Waals surface area contributed by atoms with Crippen molar-refractivity contribution in [3.8, 4) is 11.3 Å². The highest BCUT2D eigenvalue weighted by Gasteiger charge is 2.52. The number of alkyl halides is 6. The number of anilines is 1. The molecule has 1 N–H and O–H groups in total. The van der Waals surface area contributed by atoms with Crippen molar-refractivity contribution in [3.63, 3.8) is 0 Å². The van der Waals surface area contributed by atoms with Crippen LogP contribution in [0.25, 0.3) is 11.3 Å². The second-order valence-corrected chi connectivity index (χ2v) is 9.92. The summed E-state index contributed by atoms with van der Waals surface area (Å²) in [4.78, 5) is 32.2. The Hall–Kier alpha value is -4.55. The first kappa shape index (κ1) is 29.0. The van der Waals surface area contributed by atoms with Crippen molar-refractivity contribution in [2.45, 2.75) is 31.7 Å². The van der Waals surface area contributed by atoms with Crippen LogP contribution in [0.2, 0.25) is 0 Å². The minimum Gasteiger partial charge on any atom is -0.467 e. The van der Waals surface area contributed by atoms with Crippen LogP contribution in [0.3, 0.4) is 0 Å². The molecule has 3 unspecified atom stereocenters. The number of nitrogens with one attached hydrogen (secondary N) is 1. The fourth-order valence-corrected chi connectivity index (χ4v) is 5.08. The van der Waals surface area contributed by atoms with Crippen LogP contribution in [0.1, 0.15) is 39.8 Å². The van der Waals surface area contributed by atoms with Gasteiger partial charge in [0.1, 0.15) is 23.3 Å². The average Bonchev–Trinajstić information content (AvgIpc) is 3.67. The van der Waals surface area contributed by atoms with Gasteiger partial charge in [0.05, 0.1) is 29.9 Å². The van der Waals surface area contributed by atoms with Crippen LogP contribution in [-0.4, -0.2) is 34.4 Å². The standard InChI is InChI=1S/C29H23F6N3O4/c1-16-6-8-19(13-21(16)29(33,34)35)37-26(39)20-12-18(28(30,31)32)15-38(25(20)24-5-3-11-42-24)27(40)22-9-7-17(14-36-22)23-4-2-10-41-23/h2-11,13-14,18,20,25H,12,15H2,1H3,(H,37,39). The molecule has 1 fully saturated rings. The summed E-state index contributed by atoms with van der Waals surface area (Å²) in [6.07, 6.45) is -6.20. The van der Waals surface area contributed by atoms with Crippen molar-refractivity contribution < 1.29 is 44.8 Å². The van der Waals surface area contributed by atoms with Crippen molar-refractivity contribution in [1.29, 1.82) is 0 Å². The van der Waals surface area contributed by atoms with E-state index >= 15 is 0 Å². The molecule has 0 bridgehead atoms. The number of rotatable bonds is 5. The molecule has 4 heterocycles. The van der Waals surface area contributed by atoms with Crippen LogP contribution >= 0.6 is 0 Å². The molecule has 220 valence electrons. The Bertz CT molecular complexity index is 1550. The Labute approximate surface area is 235 Å². The van der Waals surface area contributed by atoms with Crippen LogP contribution < -0.4 is 5.32 Å². The molecule has 0 saturated carbocycles. The van der Waals surface area contributed by atoms with Crippen molar-refractivity contribution in [2.75, 3.05) is 11.9 Å². The van der Waals surface area contributed by atoms with Gasteiger partial charge in [0.15, 0.2) is 0 Å². The van der Waals surface area contributed by atoms with Crippen molar-refractivity contribution >= 4 is 17.5 Å². The minimum atomic E-state index is -4.78. The third-order valence-electron chi connectivity index (χ3n) is 7.17. The van der Waals surface area contributed by atoms with Gasteiger partial charge in [0, 0.05) is 24.0 Å². The number of carbonyl (C=O) groups is 2. The normalized spacial score (nSPS) is 19.5. The molecule has 4 aromatic rings. The second-order valence-electron chi connectivity index (χ2n) is 9.92. The Morgan fingerprint density at radius 3 is 2.31 bits per heavy atom. The minimum absolute atomic E-state index is 0.0382. The molecule has 0 radical (unpaired) electrons. The molecule has 5 rings (SSSR count). The number of halogens is 6. The summed E-state index contributed by atoms with van der Waals surface area (Å²) in [5.74, 6) is -5.01. The zero-order chi connectivity index (χ0) is 30.2. The van der Waals surface area contributed by atoms with E-state index in [0.717, 1.165) is 11.0 Å². The van der Waals surface area contributed by atoms with Gasteiger partial charge in [-0.2, -0.15) is 26.3 Å². The molecule has 7 nitrogen and oxygen atoms in total. The van der Waals surface area contributed by atoms with E-state index < -0.39 is 60.6 Å². The molecule has 42 heavy (non-hydrogen) atoms. The van der Waals surface area contributed by atoms with Crippen LogP contribution in [0, 0.1) is 18.8 Å². The van der Waals surface area contributed by atoms with Crippen LogP contribution in [0.15, 0.2) is 82.2 Å². The molecule has 1 aliphatic rings. The highest BCUT2D eigenvalue weighted by atomic mass is 19.4. The van der Waals surface area contributed by atoms with Gasteiger partial charge in [-0.25, -0.2) is 0 Å². The number of amides is 2. The van der Waals surface area contributed by atoms with Gasteiger partial charge in [0.25, 0.3) is 5.91 Å². The number of piperidine rings is 1. The first-order valence-corrected chi connectivity index (χ1v) is 12.7. The molecule has 0 spiro atoms. The number of furan rings is 2. The zero-order valence-corrected chi connectivity index (χ0v) is 21.9. The number of benzene rings is 1. The average molecular weight is 592 g/mol. The maximum atomic E-state index is 14.1. The molecule has 1 aromatic carbocycles. The molecule has 1 saturated heterocycles. The maximum absolute atomic E-state index is 14.1. The van der Waals surface area contributed by atoms with Gasteiger partial charge < -0.3 is 19.1 Å². The number of pyridine rings is 1. The van der Waals surface area contributed by atoms with Gasteiger partial charge in [-0.15, -0.1) is 0 Å². The smallest absolute Gasteiger partial charge is 0.416 e. The summed E-state index contributed by atoms with van der Waals surface area (Å²) in [7, 11) is 0. The summed E-state index contributed by atoms with van der Waals surface area (Å²) in [5.41, 5.74) is -0.998. The molecule has 1 aliphatic heterocycles. The summed E-state index contributed by atoms with van der Waals surface area (Å²) >= 11 is 0. The maximum Gasteiger partial charge on any atom is 0.416 e. The quantitative estimate of drug-likeness (QED) is 0.247. The van der Waals surface area contributed by atoms with Crippen molar-refractivity contribution in [2.24, 2.45) is 11.8 Å². The lowest BCUT2D eigenvalue weighted by Crippen LogP contribution is -2.52. The van der Waals surface area contributed by atoms with Crippen molar-refractivity contribution in [3.05, 3.63) is 95.9 Å². The lowest BCUT2D eigenvalue weighted by Gasteiger charge is -2.43. The van der Waals surface area contributed by atoms with Gasteiger partial charge in [-0.3, -0.25) is 14.6 Å². The topological polar surface area (TPSA) is 88.6 Å². The summed E-state index contributed by atoms with van der Waals surface area (Å²) in [5, 5.41) is 2.33. The molecular weight excluding hydrogens is 568 g/mol. The van der Waals surface area contributed by atoms with E-state index in [4.69, 9.17) is 8.83 Å². The molecular formula is C29H23F6N3O4. The predicted molar refractivity (Wildman–Crippen MR) is 137 cm³/mol. The number of carbonyl (C=O) groups excluding carboxylic acids is 2. The number of aromatic nitrogens is 1. The number of aryl methyl sites for hydroxylation is 1. The van der Waals surface area contributed by atoms with E-state index in [-0.39, 0.29) is 22.7 Å². The highest BCUT2D eigenvalue weighted by molar-refractivity contribution is 5.96. The Balaban J connectivity index is 1.50. The lowest BCUT2D eigenvalue weighted by molar-refractivity contribution is -0.194. The van der Waals surface area contributed by atoms with E-state index in [1.807, 2.05) is 0 Å². The third-order valence-corrected chi connectivity index (χ3v) is 7.17. The summed E-state index contributed by atoms with van der Waals surface area (Å²) < 4.78 is 93.4. The van der Waals surface area contributed by atoms with Crippen LogP contribution in [0.4, 0.5) is 32.0 Å². The lowest BCUT2D eigenvalue weighted by atomic mass is 9.80. The van der Waals surface area contributed by atoms with Crippen molar-refractivity contribution in [1.82, 2.24) is 9.88 Å². The first-order chi connectivity index (χ1) is 19.8. The fraction of sp³-hybridized carbons (Fsp3) is 0.276. The van der Waals surface area contributed by atoms with E-state index in [9.17, 15) is 35.9 Å². The Morgan fingerprint density at radius 1 is 0.976 bits per heavy atom. The number of hydrogen-bond acceptors (Lipinski definition) is 5. The monoisotopic (exact) mass is 591 g/mol. The van der Waals surface area contributed by atoms with E-state index in [2.05, 4.69) is 10.3 Å². The van der Waals surface area contributed by atoms with E-state index in [1.54, 1.807) is 12.1 Å². The zero-order valence-electron chi connectivity index (χ0n) is 21.9. The third kappa shape index (κ3) is 5.90. The van der Waals surface area contributed by atoms with Crippen LogP contribution in [0.5, 0.6) is 0 Å². The van der Waals surface area contributed by atoms with E-state index in [1.165, 1.54) is 56.0 Å². The second kappa shape index (κ2) is 11.0. The molecule has 3 atom stereocenters. The molecule has 3 aromatic heterocycles. The number of nitrogens with zero attached hydrogens (tertiary/aromatic N) is 2. The summed E-state index contributed by atoms with van der Waals surface area (Å²) in [6.45, 7) is 0.455. The molecule has 2 amide bonds. The number of likely N-dealkylation sites (tertiary alicyclic amines) is 1. The summed E-state index contributed by atoms with van der Waals surface area (Å²) in [6, 6.07) is 10.8.